The number of hydrogen-bond acceptors (Lipinski definition) is 7. The van der Waals surface area contributed by atoms with E-state index in [4.69, 9.17) is 11.5 Å². The second-order valence-corrected chi connectivity index (χ2v) is 9.16. The topological polar surface area (TPSA) is 197 Å². The van der Waals surface area contributed by atoms with Gasteiger partial charge >= 0.3 is 5.97 Å². The highest BCUT2D eigenvalue weighted by Gasteiger charge is 2.30. The van der Waals surface area contributed by atoms with Gasteiger partial charge < -0.3 is 37.6 Å². The molecular weight excluding hydrogens is 490 g/mol. The van der Waals surface area contributed by atoms with Crippen molar-refractivity contribution in [2.24, 2.45) is 11.5 Å². The van der Waals surface area contributed by atoms with E-state index in [1.807, 2.05) is 0 Å². The number of phenolic OH excluding ortho intramolecular Hbond substituents is 1. The number of phenols is 1. The molecule has 11 nitrogen and oxygen atoms in total. The van der Waals surface area contributed by atoms with Crippen LogP contribution in [0.4, 0.5) is 0 Å². The zero-order valence-electron chi connectivity index (χ0n) is 21.4. The van der Waals surface area contributed by atoms with Crippen molar-refractivity contribution in [3.8, 4) is 5.75 Å². The standard InChI is InChI=1S/C27H37N5O6/c1-17(29)24(34)30-21(9-5-6-14-28)25(35)31-22(15-19-10-12-20(33)13-11-19)26(36)32-23(27(37)38)16-18-7-3-2-4-8-18/h2-4,7-8,10-13,17,21-23,33H,5-6,9,14-16,28-29H2,1H3,(H,30,34)(H,31,35)(H,32,36)(H,37,38). The normalized spacial score (nSPS) is 14.0. The number of amides is 3. The molecule has 2 rings (SSSR count). The number of nitrogens with two attached hydrogens (primary N) is 2. The van der Waals surface area contributed by atoms with E-state index in [2.05, 4.69) is 16.0 Å². The molecule has 4 unspecified atom stereocenters. The van der Waals surface area contributed by atoms with Crippen molar-refractivity contribution in [3.63, 3.8) is 0 Å². The Labute approximate surface area is 222 Å². The van der Waals surface area contributed by atoms with Crippen LogP contribution in [0.25, 0.3) is 0 Å². The van der Waals surface area contributed by atoms with Crippen LogP contribution in [0.5, 0.6) is 5.75 Å². The summed E-state index contributed by atoms with van der Waals surface area (Å²) >= 11 is 0. The number of unbranched alkanes of at least 4 members (excludes halogenated alkanes) is 1. The maximum atomic E-state index is 13.3. The molecule has 38 heavy (non-hydrogen) atoms. The van der Waals surface area contributed by atoms with E-state index < -0.39 is 47.9 Å². The van der Waals surface area contributed by atoms with Crippen LogP contribution in [-0.2, 0) is 32.0 Å². The minimum Gasteiger partial charge on any atom is -0.508 e. The minimum atomic E-state index is -1.23. The van der Waals surface area contributed by atoms with Gasteiger partial charge in [0, 0.05) is 12.8 Å². The lowest BCUT2D eigenvalue weighted by atomic mass is 10.0. The van der Waals surface area contributed by atoms with Crippen molar-refractivity contribution in [2.45, 2.75) is 63.2 Å². The number of benzene rings is 2. The molecule has 2 aromatic rings. The third kappa shape index (κ3) is 10.2. The zero-order valence-corrected chi connectivity index (χ0v) is 21.4. The van der Waals surface area contributed by atoms with Gasteiger partial charge in [-0.05, 0) is 56.0 Å². The van der Waals surface area contributed by atoms with Crippen LogP contribution in [0, 0.1) is 0 Å². The average molecular weight is 528 g/mol. The van der Waals surface area contributed by atoms with Crippen molar-refractivity contribution >= 4 is 23.7 Å². The summed E-state index contributed by atoms with van der Waals surface area (Å²) in [4.78, 5) is 50.7. The largest absolute Gasteiger partial charge is 0.508 e. The molecule has 206 valence electrons. The molecule has 11 heteroatoms. The molecule has 0 aliphatic rings. The smallest absolute Gasteiger partial charge is 0.326 e. The van der Waals surface area contributed by atoms with Gasteiger partial charge in [-0.15, -0.1) is 0 Å². The highest BCUT2D eigenvalue weighted by molar-refractivity contribution is 5.94. The second-order valence-electron chi connectivity index (χ2n) is 9.16. The summed E-state index contributed by atoms with van der Waals surface area (Å²) in [5.41, 5.74) is 12.5. The summed E-state index contributed by atoms with van der Waals surface area (Å²) in [6.45, 7) is 1.91. The van der Waals surface area contributed by atoms with E-state index in [1.165, 1.54) is 19.1 Å². The monoisotopic (exact) mass is 527 g/mol. The first-order valence-corrected chi connectivity index (χ1v) is 12.5. The lowest BCUT2D eigenvalue weighted by Gasteiger charge is -2.25. The van der Waals surface area contributed by atoms with Gasteiger partial charge in [0.2, 0.25) is 17.7 Å². The fourth-order valence-corrected chi connectivity index (χ4v) is 3.74. The van der Waals surface area contributed by atoms with Crippen LogP contribution in [0.1, 0.15) is 37.3 Å². The van der Waals surface area contributed by atoms with Gasteiger partial charge in [0.1, 0.15) is 23.9 Å². The summed E-state index contributed by atoms with van der Waals surface area (Å²) in [5, 5.41) is 27.1. The van der Waals surface area contributed by atoms with Gasteiger partial charge in [-0.3, -0.25) is 14.4 Å². The predicted molar refractivity (Wildman–Crippen MR) is 142 cm³/mol. The summed E-state index contributed by atoms with van der Waals surface area (Å²) in [7, 11) is 0. The van der Waals surface area contributed by atoms with Crippen molar-refractivity contribution < 1.29 is 29.4 Å². The lowest BCUT2D eigenvalue weighted by molar-refractivity contribution is -0.142. The van der Waals surface area contributed by atoms with Crippen molar-refractivity contribution in [1.82, 2.24) is 16.0 Å². The highest BCUT2D eigenvalue weighted by atomic mass is 16.4. The molecule has 0 fully saturated rings. The Morgan fingerprint density at radius 2 is 1.29 bits per heavy atom. The van der Waals surface area contributed by atoms with E-state index in [-0.39, 0.29) is 25.0 Å². The number of hydrogen-bond donors (Lipinski definition) is 7. The fourth-order valence-electron chi connectivity index (χ4n) is 3.74. The van der Waals surface area contributed by atoms with E-state index in [9.17, 15) is 29.4 Å². The summed E-state index contributed by atoms with van der Waals surface area (Å²) < 4.78 is 0. The van der Waals surface area contributed by atoms with E-state index in [1.54, 1.807) is 42.5 Å². The molecule has 9 N–H and O–H groups in total. The molecule has 0 aliphatic heterocycles. The van der Waals surface area contributed by atoms with Gasteiger partial charge in [0.25, 0.3) is 0 Å². The predicted octanol–water partition coefficient (Wildman–Crippen LogP) is 0.193. The Hall–Kier alpha value is -3.96. The number of carboxylic acids is 1. The first-order chi connectivity index (χ1) is 18.1. The number of carbonyl (C=O) groups excluding carboxylic acids is 3. The first kappa shape index (κ1) is 30.3. The maximum Gasteiger partial charge on any atom is 0.326 e. The number of carbonyl (C=O) groups is 4. The maximum absolute atomic E-state index is 13.3. The molecule has 0 aliphatic carbocycles. The Balaban J connectivity index is 2.25. The van der Waals surface area contributed by atoms with E-state index >= 15 is 0 Å². The molecule has 2 aromatic carbocycles. The van der Waals surface area contributed by atoms with Crippen LogP contribution >= 0.6 is 0 Å². The van der Waals surface area contributed by atoms with E-state index in [0.717, 1.165) is 5.56 Å². The summed E-state index contributed by atoms with van der Waals surface area (Å²) in [6, 6.07) is 10.7. The van der Waals surface area contributed by atoms with Gasteiger partial charge in [0.05, 0.1) is 6.04 Å². The third-order valence-corrected chi connectivity index (χ3v) is 5.90. The molecule has 0 bridgehead atoms. The number of aromatic hydroxyl groups is 1. The quantitative estimate of drug-likeness (QED) is 0.159. The third-order valence-electron chi connectivity index (χ3n) is 5.90. The van der Waals surface area contributed by atoms with Crippen molar-refractivity contribution in [3.05, 3.63) is 65.7 Å². The molecule has 0 spiro atoms. The highest BCUT2D eigenvalue weighted by Crippen LogP contribution is 2.13. The van der Waals surface area contributed by atoms with Gasteiger partial charge in [-0.1, -0.05) is 42.5 Å². The van der Waals surface area contributed by atoms with Gasteiger partial charge in [0.15, 0.2) is 0 Å². The Bertz CT molecular complexity index is 1060. The van der Waals surface area contributed by atoms with Crippen molar-refractivity contribution in [1.29, 1.82) is 0 Å². The lowest BCUT2D eigenvalue weighted by Crippen LogP contribution is -2.57. The minimum absolute atomic E-state index is 0.0201. The molecule has 0 heterocycles. The van der Waals surface area contributed by atoms with Crippen LogP contribution in [0.15, 0.2) is 54.6 Å². The van der Waals surface area contributed by atoms with Crippen molar-refractivity contribution in [2.75, 3.05) is 6.54 Å². The molecular formula is C27H37N5O6. The van der Waals surface area contributed by atoms with Crippen LogP contribution in [-0.4, -0.2) is 64.6 Å². The molecule has 4 atom stereocenters. The first-order valence-electron chi connectivity index (χ1n) is 12.5. The van der Waals surface area contributed by atoms with Gasteiger partial charge in [-0.25, -0.2) is 4.79 Å². The van der Waals surface area contributed by atoms with Crippen LogP contribution in [0.3, 0.4) is 0 Å². The number of aliphatic carboxylic acids is 1. The Kier molecular flexibility index (Phi) is 12.2. The Morgan fingerprint density at radius 1 is 0.763 bits per heavy atom. The summed E-state index contributed by atoms with van der Waals surface area (Å²) in [5.74, 6) is -3.02. The van der Waals surface area contributed by atoms with Gasteiger partial charge in [-0.2, -0.15) is 0 Å². The zero-order chi connectivity index (χ0) is 28.1. The average Bonchev–Trinajstić information content (AvgIpc) is 2.88. The molecule has 0 saturated carbocycles. The summed E-state index contributed by atoms with van der Waals surface area (Å²) in [6.07, 6.45) is 1.54. The SMILES string of the molecule is CC(N)C(=O)NC(CCCCN)C(=O)NC(Cc1ccc(O)cc1)C(=O)NC(Cc1ccccc1)C(=O)O. The molecule has 0 aromatic heterocycles. The van der Waals surface area contributed by atoms with Crippen LogP contribution in [0.2, 0.25) is 0 Å². The Morgan fingerprint density at radius 3 is 1.87 bits per heavy atom. The molecule has 0 radical (unpaired) electrons. The second kappa shape index (κ2) is 15.3. The number of nitrogens with one attached hydrogen (secondary N) is 3. The number of rotatable bonds is 15. The fraction of sp³-hybridized carbons (Fsp3) is 0.407. The molecule has 3 amide bonds. The number of carboxylic acid groups (broad SMARTS) is 1. The van der Waals surface area contributed by atoms with E-state index in [0.29, 0.717) is 24.9 Å². The molecule has 0 saturated heterocycles. The van der Waals surface area contributed by atoms with Crippen LogP contribution < -0.4 is 27.4 Å².